The number of aromatic amines is 1. The molecule has 1 N–H and O–H groups in total. The molecule has 96 valence electrons. The third kappa shape index (κ3) is 2.09. The summed E-state index contributed by atoms with van der Waals surface area (Å²) in [5.41, 5.74) is 3.37. The zero-order valence-corrected chi connectivity index (χ0v) is 10.7. The Morgan fingerprint density at radius 1 is 1.05 bits per heavy atom. The highest BCUT2D eigenvalue weighted by Gasteiger charge is 2.28. The third-order valence-corrected chi connectivity index (χ3v) is 3.99. The number of H-pyrrole nitrogens is 1. The summed E-state index contributed by atoms with van der Waals surface area (Å²) in [6, 6.07) is 9.98. The maximum atomic E-state index is 11.8. The van der Waals surface area contributed by atoms with E-state index in [9.17, 15) is 4.79 Å². The van der Waals surface area contributed by atoms with E-state index in [-0.39, 0.29) is 5.56 Å². The SMILES string of the molecule is O=c1cc(C2CC2)nc(-c2ccccc2C2CC2)[nH]1. The molecule has 0 aliphatic heterocycles. The topological polar surface area (TPSA) is 45.8 Å². The van der Waals surface area contributed by atoms with Gasteiger partial charge in [-0.2, -0.15) is 0 Å². The maximum absolute atomic E-state index is 11.8. The Balaban J connectivity index is 1.85. The molecule has 1 aromatic carbocycles. The Morgan fingerprint density at radius 3 is 2.53 bits per heavy atom. The molecule has 1 heterocycles. The molecule has 2 aliphatic carbocycles. The molecule has 0 unspecified atom stereocenters. The second kappa shape index (κ2) is 4.05. The molecule has 3 nitrogen and oxygen atoms in total. The zero-order valence-electron chi connectivity index (χ0n) is 10.7. The number of aromatic nitrogens is 2. The van der Waals surface area contributed by atoms with Crippen LogP contribution in [0.25, 0.3) is 11.4 Å². The minimum absolute atomic E-state index is 0.0301. The normalized spacial score (nSPS) is 18.5. The molecule has 0 bridgehead atoms. The molecule has 0 radical (unpaired) electrons. The van der Waals surface area contributed by atoms with Crippen LogP contribution in [0.2, 0.25) is 0 Å². The number of hydrogen-bond donors (Lipinski definition) is 1. The van der Waals surface area contributed by atoms with Crippen LogP contribution < -0.4 is 5.56 Å². The number of benzene rings is 1. The highest BCUT2D eigenvalue weighted by atomic mass is 16.1. The lowest BCUT2D eigenvalue weighted by molar-refractivity contribution is 0.971. The number of hydrogen-bond acceptors (Lipinski definition) is 2. The largest absolute Gasteiger partial charge is 0.307 e. The number of nitrogens with zero attached hydrogens (tertiary/aromatic N) is 1. The van der Waals surface area contributed by atoms with E-state index in [1.54, 1.807) is 6.07 Å². The Kier molecular flexibility index (Phi) is 2.34. The summed E-state index contributed by atoms with van der Waals surface area (Å²) in [6.45, 7) is 0. The summed E-state index contributed by atoms with van der Waals surface area (Å²) >= 11 is 0. The molecule has 2 fully saturated rings. The number of nitrogens with one attached hydrogen (secondary N) is 1. The first-order valence-electron chi connectivity index (χ1n) is 7.02. The lowest BCUT2D eigenvalue weighted by Crippen LogP contribution is -2.10. The Hall–Kier alpha value is -1.90. The van der Waals surface area contributed by atoms with Gasteiger partial charge in [0.1, 0.15) is 5.82 Å². The summed E-state index contributed by atoms with van der Waals surface area (Å²) in [4.78, 5) is 19.4. The van der Waals surface area contributed by atoms with Gasteiger partial charge in [0, 0.05) is 17.5 Å². The van der Waals surface area contributed by atoms with Gasteiger partial charge in [0.25, 0.3) is 5.56 Å². The summed E-state index contributed by atoms with van der Waals surface area (Å²) in [5, 5.41) is 0. The van der Waals surface area contributed by atoms with Crippen LogP contribution in [0.3, 0.4) is 0 Å². The first-order valence-corrected chi connectivity index (χ1v) is 7.02. The van der Waals surface area contributed by atoms with Crippen molar-refractivity contribution in [3.63, 3.8) is 0 Å². The van der Waals surface area contributed by atoms with Crippen molar-refractivity contribution in [1.29, 1.82) is 0 Å². The van der Waals surface area contributed by atoms with Gasteiger partial charge in [-0.1, -0.05) is 24.3 Å². The predicted molar refractivity (Wildman–Crippen MR) is 74.2 cm³/mol. The van der Waals surface area contributed by atoms with Crippen LogP contribution in [0.15, 0.2) is 35.1 Å². The third-order valence-electron chi connectivity index (χ3n) is 3.99. The van der Waals surface area contributed by atoms with Gasteiger partial charge in [-0.15, -0.1) is 0 Å². The van der Waals surface area contributed by atoms with E-state index in [2.05, 4.69) is 28.2 Å². The molecule has 0 saturated heterocycles. The molecule has 2 saturated carbocycles. The molecule has 2 aromatic rings. The second-order valence-corrected chi connectivity index (χ2v) is 5.65. The first kappa shape index (κ1) is 11.0. The van der Waals surface area contributed by atoms with Crippen LogP contribution in [-0.2, 0) is 0 Å². The molecule has 3 heteroatoms. The second-order valence-electron chi connectivity index (χ2n) is 5.65. The summed E-state index contributed by atoms with van der Waals surface area (Å²) in [5.74, 6) is 1.91. The van der Waals surface area contributed by atoms with Crippen LogP contribution in [0.1, 0.15) is 48.8 Å². The molecule has 19 heavy (non-hydrogen) atoms. The molecule has 0 amide bonds. The van der Waals surface area contributed by atoms with Crippen molar-refractivity contribution in [3.8, 4) is 11.4 Å². The van der Waals surface area contributed by atoms with Gasteiger partial charge >= 0.3 is 0 Å². The first-order chi connectivity index (χ1) is 9.31. The van der Waals surface area contributed by atoms with E-state index < -0.39 is 0 Å². The van der Waals surface area contributed by atoms with Crippen LogP contribution in [0.4, 0.5) is 0 Å². The van der Waals surface area contributed by atoms with E-state index in [0.717, 1.165) is 17.1 Å². The quantitative estimate of drug-likeness (QED) is 0.911. The van der Waals surface area contributed by atoms with Gasteiger partial charge in [0.2, 0.25) is 0 Å². The minimum atomic E-state index is -0.0301. The van der Waals surface area contributed by atoms with E-state index in [1.807, 2.05) is 6.07 Å². The molecular formula is C16H16N2O. The summed E-state index contributed by atoms with van der Waals surface area (Å²) in [7, 11) is 0. The monoisotopic (exact) mass is 252 g/mol. The summed E-state index contributed by atoms with van der Waals surface area (Å²) in [6.07, 6.45) is 4.84. The lowest BCUT2D eigenvalue weighted by atomic mass is 10.0. The smallest absolute Gasteiger partial charge is 0.251 e. The fourth-order valence-electron chi connectivity index (χ4n) is 2.66. The molecule has 1 aromatic heterocycles. The fourth-order valence-corrected chi connectivity index (χ4v) is 2.66. The van der Waals surface area contributed by atoms with Gasteiger partial charge in [-0.05, 0) is 37.2 Å². The van der Waals surface area contributed by atoms with Crippen molar-refractivity contribution >= 4 is 0 Å². The molecule has 0 atom stereocenters. The van der Waals surface area contributed by atoms with Gasteiger partial charge < -0.3 is 4.98 Å². The fraction of sp³-hybridized carbons (Fsp3) is 0.375. The van der Waals surface area contributed by atoms with Gasteiger partial charge in [-0.25, -0.2) is 4.98 Å². The van der Waals surface area contributed by atoms with E-state index in [1.165, 1.54) is 31.2 Å². The van der Waals surface area contributed by atoms with Crippen molar-refractivity contribution in [2.75, 3.05) is 0 Å². The van der Waals surface area contributed by atoms with Crippen molar-refractivity contribution in [3.05, 3.63) is 51.9 Å². The van der Waals surface area contributed by atoms with Crippen LogP contribution in [0, 0.1) is 0 Å². The minimum Gasteiger partial charge on any atom is -0.307 e. The lowest BCUT2D eigenvalue weighted by Gasteiger charge is -2.08. The van der Waals surface area contributed by atoms with Crippen LogP contribution >= 0.6 is 0 Å². The molecule has 2 aliphatic rings. The average molecular weight is 252 g/mol. The van der Waals surface area contributed by atoms with Crippen molar-refractivity contribution in [1.82, 2.24) is 9.97 Å². The molecular weight excluding hydrogens is 236 g/mol. The zero-order chi connectivity index (χ0) is 12.8. The number of rotatable bonds is 3. The Morgan fingerprint density at radius 2 is 1.79 bits per heavy atom. The standard InChI is InChI=1S/C16H16N2O/c19-15-9-14(11-7-8-11)17-16(18-15)13-4-2-1-3-12(13)10-5-6-10/h1-4,9-11H,5-8H2,(H,17,18,19). The molecule has 4 rings (SSSR count). The van der Waals surface area contributed by atoms with Gasteiger partial charge in [0.15, 0.2) is 0 Å². The predicted octanol–water partition coefficient (Wildman–Crippen LogP) is 3.19. The maximum Gasteiger partial charge on any atom is 0.251 e. The van der Waals surface area contributed by atoms with Crippen molar-refractivity contribution in [2.45, 2.75) is 37.5 Å². The van der Waals surface area contributed by atoms with Crippen molar-refractivity contribution < 1.29 is 0 Å². The molecule has 0 spiro atoms. The summed E-state index contributed by atoms with van der Waals surface area (Å²) < 4.78 is 0. The highest BCUT2D eigenvalue weighted by Crippen LogP contribution is 2.44. The van der Waals surface area contributed by atoms with E-state index >= 15 is 0 Å². The van der Waals surface area contributed by atoms with Crippen LogP contribution in [-0.4, -0.2) is 9.97 Å². The highest BCUT2D eigenvalue weighted by molar-refractivity contribution is 5.62. The van der Waals surface area contributed by atoms with Crippen LogP contribution in [0.5, 0.6) is 0 Å². The van der Waals surface area contributed by atoms with Gasteiger partial charge in [0.05, 0.1) is 5.69 Å². The average Bonchev–Trinajstić information content (AvgIpc) is 3.31. The Labute approximate surface area is 111 Å². The van der Waals surface area contributed by atoms with E-state index in [0.29, 0.717) is 11.8 Å². The Bertz CT molecular complexity index is 681. The van der Waals surface area contributed by atoms with E-state index in [4.69, 9.17) is 0 Å². The van der Waals surface area contributed by atoms with Crippen molar-refractivity contribution in [2.24, 2.45) is 0 Å². The van der Waals surface area contributed by atoms with Gasteiger partial charge in [-0.3, -0.25) is 4.79 Å².